The number of phenols is 1. The van der Waals surface area contributed by atoms with Crippen LogP contribution in [0.15, 0.2) is 47.4 Å². The average molecular weight is 362 g/mol. The lowest BCUT2D eigenvalue weighted by atomic mass is 10.2. The number of rotatable bonds is 3. The summed E-state index contributed by atoms with van der Waals surface area (Å²) in [5.41, 5.74) is 0.753. The van der Waals surface area contributed by atoms with Crippen LogP contribution in [0.1, 0.15) is 13.8 Å². The number of amides is 1. The van der Waals surface area contributed by atoms with Gasteiger partial charge >= 0.3 is 0 Å². The predicted molar refractivity (Wildman–Crippen MR) is 93.5 cm³/mol. The number of nitrogens with one attached hydrogen (secondary N) is 1. The molecule has 0 fully saturated rings. The van der Waals surface area contributed by atoms with Crippen LogP contribution in [-0.4, -0.2) is 32.1 Å². The van der Waals surface area contributed by atoms with E-state index in [-0.39, 0.29) is 22.7 Å². The molecule has 0 radical (unpaired) electrons. The maximum atomic E-state index is 12.6. The minimum atomic E-state index is -3.85. The van der Waals surface area contributed by atoms with Crippen LogP contribution in [0.25, 0.3) is 0 Å². The first-order chi connectivity index (χ1) is 11.8. The molecule has 7 nitrogen and oxygen atoms in total. The van der Waals surface area contributed by atoms with Gasteiger partial charge in [0.15, 0.2) is 0 Å². The fraction of sp³-hybridized carbons (Fsp3) is 0.235. The van der Waals surface area contributed by atoms with E-state index in [2.05, 4.69) is 4.72 Å². The summed E-state index contributed by atoms with van der Waals surface area (Å²) in [4.78, 5) is 13.4. The largest absolute Gasteiger partial charge is 0.508 e. The summed E-state index contributed by atoms with van der Waals surface area (Å²) in [6.45, 7) is 3.63. The molecule has 0 aliphatic carbocycles. The Morgan fingerprint density at radius 2 is 1.92 bits per heavy atom. The predicted octanol–water partition coefficient (Wildman–Crippen LogP) is 2.33. The molecule has 2 aromatic carbocycles. The second-order valence-electron chi connectivity index (χ2n) is 5.84. The number of sulfonamides is 1. The van der Waals surface area contributed by atoms with Gasteiger partial charge in [-0.3, -0.25) is 9.52 Å². The van der Waals surface area contributed by atoms with Gasteiger partial charge in [-0.2, -0.15) is 0 Å². The van der Waals surface area contributed by atoms with Gasteiger partial charge in [0, 0.05) is 12.6 Å². The van der Waals surface area contributed by atoms with E-state index in [1.54, 1.807) is 6.07 Å². The highest BCUT2D eigenvalue weighted by atomic mass is 32.2. The van der Waals surface area contributed by atoms with Crippen molar-refractivity contribution in [1.82, 2.24) is 0 Å². The van der Waals surface area contributed by atoms with Gasteiger partial charge in [-0.05, 0) is 49.4 Å². The van der Waals surface area contributed by atoms with Crippen molar-refractivity contribution in [2.45, 2.75) is 24.8 Å². The first kappa shape index (κ1) is 17.1. The van der Waals surface area contributed by atoms with Gasteiger partial charge in [0.25, 0.3) is 10.0 Å². The third-order valence-electron chi connectivity index (χ3n) is 3.80. The highest BCUT2D eigenvalue weighted by Crippen LogP contribution is 2.35. The van der Waals surface area contributed by atoms with Crippen molar-refractivity contribution in [1.29, 1.82) is 0 Å². The Bertz CT molecular complexity index is 909. The van der Waals surface area contributed by atoms with Crippen LogP contribution in [0.3, 0.4) is 0 Å². The smallest absolute Gasteiger partial charge is 0.261 e. The van der Waals surface area contributed by atoms with Gasteiger partial charge in [0.2, 0.25) is 5.91 Å². The third kappa shape index (κ3) is 3.53. The lowest BCUT2D eigenvalue weighted by Gasteiger charge is -2.33. The number of ether oxygens (including phenoxy) is 1. The van der Waals surface area contributed by atoms with Crippen LogP contribution < -0.4 is 14.4 Å². The third-order valence-corrected chi connectivity index (χ3v) is 5.18. The maximum Gasteiger partial charge on any atom is 0.261 e. The van der Waals surface area contributed by atoms with Gasteiger partial charge in [-0.25, -0.2) is 8.42 Å². The Kier molecular flexibility index (Phi) is 4.30. The lowest BCUT2D eigenvalue weighted by molar-refractivity contribution is -0.117. The Morgan fingerprint density at radius 3 is 2.56 bits per heavy atom. The monoisotopic (exact) mass is 362 g/mol. The molecule has 0 aromatic heterocycles. The minimum Gasteiger partial charge on any atom is -0.508 e. The molecule has 0 bridgehead atoms. The Morgan fingerprint density at radius 1 is 1.24 bits per heavy atom. The van der Waals surface area contributed by atoms with E-state index in [9.17, 15) is 18.3 Å². The zero-order valence-electron chi connectivity index (χ0n) is 13.8. The van der Waals surface area contributed by atoms with E-state index in [0.29, 0.717) is 23.7 Å². The maximum absolute atomic E-state index is 12.6. The minimum absolute atomic E-state index is 0.0173. The van der Waals surface area contributed by atoms with Crippen molar-refractivity contribution in [3.63, 3.8) is 0 Å². The summed E-state index contributed by atoms with van der Waals surface area (Å²) in [7, 11) is -3.85. The molecule has 1 heterocycles. The fourth-order valence-electron chi connectivity index (χ4n) is 2.63. The number of carbonyl (C=O) groups is 1. The lowest BCUT2D eigenvalue weighted by Crippen LogP contribution is -2.41. The number of hydrogen-bond acceptors (Lipinski definition) is 5. The molecule has 1 aliphatic rings. The summed E-state index contributed by atoms with van der Waals surface area (Å²) in [6, 6.07) is 10.1. The topological polar surface area (TPSA) is 95.9 Å². The molecule has 1 amide bonds. The molecule has 1 aliphatic heterocycles. The standard InChI is InChI=1S/C17H18N2O5S/c1-11-10-19(12(2)20)16-9-15(7-8-17(16)24-11)25(22,23)18-13-3-5-14(21)6-4-13/h3-9,11,18,21H,10H2,1-2H3. The second-order valence-corrected chi connectivity index (χ2v) is 7.52. The van der Waals surface area contributed by atoms with E-state index < -0.39 is 10.0 Å². The Labute approximate surface area is 145 Å². The first-order valence-electron chi connectivity index (χ1n) is 7.67. The van der Waals surface area contributed by atoms with E-state index in [4.69, 9.17) is 4.74 Å². The number of aromatic hydroxyl groups is 1. The molecule has 132 valence electrons. The van der Waals surface area contributed by atoms with Gasteiger partial charge in [0.05, 0.1) is 17.1 Å². The number of phenolic OH excluding ortho intramolecular Hbond substituents is 1. The molecular weight excluding hydrogens is 344 g/mol. The van der Waals surface area contributed by atoms with Gasteiger partial charge < -0.3 is 14.7 Å². The molecule has 0 saturated heterocycles. The number of benzene rings is 2. The summed E-state index contributed by atoms with van der Waals surface area (Å²) in [5.74, 6) is 0.329. The SMILES string of the molecule is CC(=O)N1CC(C)Oc2ccc(S(=O)(=O)Nc3ccc(O)cc3)cc21. The highest BCUT2D eigenvalue weighted by Gasteiger charge is 2.27. The van der Waals surface area contributed by atoms with Crippen LogP contribution >= 0.6 is 0 Å². The van der Waals surface area contributed by atoms with Crippen molar-refractivity contribution in [2.75, 3.05) is 16.2 Å². The van der Waals surface area contributed by atoms with E-state index in [1.165, 1.54) is 48.2 Å². The average Bonchev–Trinajstić information content (AvgIpc) is 2.55. The van der Waals surface area contributed by atoms with Crippen LogP contribution in [0, 0.1) is 0 Å². The number of carbonyl (C=O) groups excluding carboxylic acids is 1. The van der Waals surface area contributed by atoms with Crippen LogP contribution in [0.2, 0.25) is 0 Å². The number of nitrogens with zero attached hydrogens (tertiary/aromatic N) is 1. The summed E-state index contributed by atoms with van der Waals surface area (Å²) < 4.78 is 33.3. The number of hydrogen-bond donors (Lipinski definition) is 2. The molecular formula is C17H18N2O5S. The zero-order chi connectivity index (χ0) is 18.2. The number of anilines is 2. The van der Waals surface area contributed by atoms with Crippen LogP contribution in [0.4, 0.5) is 11.4 Å². The van der Waals surface area contributed by atoms with Gasteiger partial charge in [-0.15, -0.1) is 0 Å². The molecule has 0 spiro atoms. The first-order valence-corrected chi connectivity index (χ1v) is 9.15. The normalized spacial score (nSPS) is 16.7. The van der Waals surface area contributed by atoms with Crippen molar-refractivity contribution in [2.24, 2.45) is 0 Å². The number of fused-ring (bicyclic) bond motifs is 1. The quantitative estimate of drug-likeness (QED) is 0.817. The van der Waals surface area contributed by atoms with Crippen LogP contribution in [-0.2, 0) is 14.8 Å². The van der Waals surface area contributed by atoms with Crippen LogP contribution in [0.5, 0.6) is 11.5 Å². The van der Waals surface area contributed by atoms with E-state index >= 15 is 0 Å². The molecule has 1 unspecified atom stereocenters. The Hall–Kier alpha value is -2.74. The van der Waals surface area contributed by atoms with Gasteiger partial charge in [0.1, 0.15) is 17.6 Å². The highest BCUT2D eigenvalue weighted by molar-refractivity contribution is 7.92. The molecule has 2 aromatic rings. The molecule has 2 N–H and O–H groups in total. The van der Waals surface area contributed by atoms with Crippen molar-refractivity contribution >= 4 is 27.3 Å². The van der Waals surface area contributed by atoms with Crippen molar-refractivity contribution in [3.8, 4) is 11.5 Å². The Balaban J connectivity index is 1.96. The fourth-order valence-corrected chi connectivity index (χ4v) is 3.70. The summed E-state index contributed by atoms with van der Waals surface area (Å²) in [6.07, 6.45) is -0.172. The van der Waals surface area contributed by atoms with Crippen molar-refractivity contribution in [3.05, 3.63) is 42.5 Å². The molecule has 25 heavy (non-hydrogen) atoms. The second kappa shape index (κ2) is 6.29. The molecule has 1 atom stereocenters. The molecule has 3 rings (SSSR count). The zero-order valence-corrected chi connectivity index (χ0v) is 14.6. The van der Waals surface area contributed by atoms with Gasteiger partial charge in [-0.1, -0.05) is 0 Å². The summed E-state index contributed by atoms with van der Waals surface area (Å²) >= 11 is 0. The van der Waals surface area contributed by atoms with E-state index in [0.717, 1.165) is 0 Å². The van der Waals surface area contributed by atoms with E-state index in [1.807, 2.05) is 6.92 Å². The summed E-state index contributed by atoms with van der Waals surface area (Å²) in [5, 5.41) is 9.28. The molecule has 0 saturated carbocycles. The van der Waals surface area contributed by atoms with Crippen molar-refractivity contribution < 1.29 is 23.1 Å². The molecule has 8 heteroatoms.